The highest BCUT2D eigenvalue weighted by Gasteiger charge is 2.20. The summed E-state index contributed by atoms with van der Waals surface area (Å²) >= 11 is 0. The van der Waals surface area contributed by atoms with Gasteiger partial charge in [0.25, 0.3) is 0 Å². The highest BCUT2D eigenvalue weighted by Crippen LogP contribution is 2.31. The molecule has 0 atom stereocenters. The number of hydrogen-bond acceptors (Lipinski definition) is 10. The largest absolute Gasteiger partial charge is 0.476 e. The van der Waals surface area contributed by atoms with Crippen LogP contribution in [0.3, 0.4) is 0 Å². The molecule has 0 saturated carbocycles. The third kappa shape index (κ3) is 6.79. The first kappa shape index (κ1) is 27.2. The lowest BCUT2D eigenvalue weighted by molar-refractivity contribution is 0.0320. The summed E-state index contributed by atoms with van der Waals surface area (Å²) in [6.07, 6.45) is 2.86. The Bertz CT molecular complexity index is 1480. The number of amides is 2. The van der Waals surface area contributed by atoms with Crippen molar-refractivity contribution in [2.24, 2.45) is 0 Å². The van der Waals surface area contributed by atoms with E-state index < -0.39 is 11.8 Å². The van der Waals surface area contributed by atoms with Gasteiger partial charge in [0.2, 0.25) is 11.8 Å². The average Bonchev–Trinajstić information content (AvgIpc) is 3.40. The molecule has 4 heterocycles. The normalized spacial score (nSPS) is 14.2. The van der Waals surface area contributed by atoms with Crippen molar-refractivity contribution in [2.45, 2.75) is 26.2 Å². The Morgan fingerprint density at radius 2 is 1.93 bits per heavy atom. The van der Waals surface area contributed by atoms with Crippen LogP contribution in [-0.4, -0.2) is 70.5 Å². The van der Waals surface area contributed by atoms with E-state index in [4.69, 9.17) is 18.7 Å². The van der Waals surface area contributed by atoms with E-state index in [9.17, 15) is 9.18 Å². The number of morpholine rings is 1. The zero-order valence-electron chi connectivity index (χ0n) is 22.4. The second-order valence-corrected chi connectivity index (χ2v) is 10.2. The van der Waals surface area contributed by atoms with E-state index in [1.165, 1.54) is 18.5 Å². The number of anilines is 2. The first-order chi connectivity index (χ1) is 19.2. The smallest absolute Gasteiger partial charge is 0.324 e. The second kappa shape index (κ2) is 11.8. The molecule has 2 amide bonds. The molecule has 0 bridgehead atoms. The standard InChI is InChI=1S/C27H30FN7O5/c1-27(2,3)22-14-23(34-40-22)33-26(36)32-17-4-5-21(19(28)12-17)39-25-18-13-24(29-15-20(18)30-16-31-25)38-11-8-35-6-9-37-10-7-35/h4-5,12-16H,6-11H2,1-3H3,(H2,32,33,34,36). The molecule has 5 rings (SSSR count). The molecule has 1 aliphatic heterocycles. The molecule has 0 aliphatic carbocycles. The zero-order chi connectivity index (χ0) is 28.1. The van der Waals surface area contributed by atoms with Gasteiger partial charge >= 0.3 is 6.03 Å². The quantitative estimate of drug-likeness (QED) is 0.320. The van der Waals surface area contributed by atoms with E-state index in [-0.39, 0.29) is 28.5 Å². The third-order valence-electron chi connectivity index (χ3n) is 6.11. The maximum atomic E-state index is 15.0. The van der Waals surface area contributed by atoms with Gasteiger partial charge in [0.1, 0.15) is 18.7 Å². The van der Waals surface area contributed by atoms with Crippen LogP contribution in [0.15, 0.2) is 47.4 Å². The van der Waals surface area contributed by atoms with Gasteiger partial charge in [0, 0.05) is 48.9 Å². The molecule has 0 spiro atoms. The minimum Gasteiger partial charge on any atom is -0.476 e. The number of pyridine rings is 1. The summed E-state index contributed by atoms with van der Waals surface area (Å²) in [6, 6.07) is 6.75. The molecule has 1 aliphatic rings. The number of ether oxygens (including phenoxy) is 3. The molecule has 4 aromatic rings. The number of carbonyl (C=O) groups is 1. The summed E-state index contributed by atoms with van der Waals surface area (Å²) in [5.74, 6) is 0.616. The number of urea groups is 1. The Hall–Kier alpha value is -4.36. The average molecular weight is 552 g/mol. The van der Waals surface area contributed by atoms with Gasteiger partial charge in [-0.3, -0.25) is 10.2 Å². The minimum atomic E-state index is -0.697. The first-order valence-corrected chi connectivity index (χ1v) is 12.8. The summed E-state index contributed by atoms with van der Waals surface area (Å²) < 4.78 is 37.2. The molecule has 12 nitrogen and oxygen atoms in total. The predicted octanol–water partition coefficient (Wildman–Crippen LogP) is 4.60. The highest BCUT2D eigenvalue weighted by molar-refractivity contribution is 5.99. The topological polar surface area (TPSA) is 137 Å². The molecule has 1 aromatic carbocycles. The first-order valence-electron chi connectivity index (χ1n) is 12.8. The molecule has 210 valence electrons. The van der Waals surface area contributed by atoms with Gasteiger partial charge in [-0.25, -0.2) is 24.1 Å². The van der Waals surface area contributed by atoms with E-state index in [1.807, 2.05) is 20.8 Å². The highest BCUT2D eigenvalue weighted by atomic mass is 19.1. The monoisotopic (exact) mass is 551 g/mol. The molecule has 2 N–H and O–H groups in total. The molecule has 1 fully saturated rings. The van der Waals surface area contributed by atoms with Crippen molar-refractivity contribution in [3.8, 4) is 17.5 Å². The van der Waals surface area contributed by atoms with E-state index in [1.54, 1.807) is 18.3 Å². The third-order valence-corrected chi connectivity index (χ3v) is 6.11. The van der Waals surface area contributed by atoms with Crippen molar-refractivity contribution < 1.29 is 27.9 Å². The number of nitrogens with zero attached hydrogens (tertiary/aromatic N) is 5. The fourth-order valence-electron chi connectivity index (χ4n) is 3.91. The Balaban J connectivity index is 1.22. The van der Waals surface area contributed by atoms with E-state index in [2.05, 4.69) is 35.6 Å². The fourth-order valence-corrected chi connectivity index (χ4v) is 3.91. The lowest BCUT2D eigenvalue weighted by Crippen LogP contribution is -2.38. The van der Waals surface area contributed by atoms with Crippen molar-refractivity contribution in [3.05, 3.63) is 54.4 Å². The summed E-state index contributed by atoms with van der Waals surface area (Å²) in [6.45, 7) is 10.3. The van der Waals surface area contributed by atoms with E-state index in [0.29, 0.717) is 42.4 Å². The molecule has 40 heavy (non-hydrogen) atoms. The summed E-state index contributed by atoms with van der Waals surface area (Å²) in [7, 11) is 0. The summed E-state index contributed by atoms with van der Waals surface area (Å²) in [5, 5.41) is 9.48. The predicted molar refractivity (Wildman–Crippen MR) is 144 cm³/mol. The number of carbonyl (C=O) groups excluding carboxylic acids is 1. The maximum Gasteiger partial charge on any atom is 0.324 e. The number of hydrogen-bond donors (Lipinski definition) is 2. The van der Waals surface area contributed by atoms with Crippen molar-refractivity contribution >= 4 is 28.4 Å². The van der Waals surface area contributed by atoms with E-state index >= 15 is 0 Å². The Labute approximate surface area is 229 Å². The van der Waals surface area contributed by atoms with Crippen LogP contribution in [0.25, 0.3) is 10.9 Å². The molecule has 0 unspecified atom stereocenters. The Morgan fingerprint density at radius 1 is 1.10 bits per heavy atom. The van der Waals surface area contributed by atoms with Crippen LogP contribution in [0.5, 0.6) is 17.5 Å². The molecule has 1 saturated heterocycles. The number of nitrogens with one attached hydrogen (secondary N) is 2. The molecule has 0 radical (unpaired) electrons. The minimum absolute atomic E-state index is 0.0797. The van der Waals surface area contributed by atoms with E-state index in [0.717, 1.165) is 25.7 Å². The fraction of sp³-hybridized carbons (Fsp3) is 0.370. The molecule has 3 aromatic heterocycles. The van der Waals surface area contributed by atoms with Crippen LogP contribution in [0.2, 0.25) is 0 Å². The Morgan fingerprint density at radius 3 is 2.67 bits per heavy atom. The van der Waals surface area contributed by atoms with Crippen molar-refractivity contribution in [2.75, 3.05) is 50.1 Å². The van der Waals surface area contributed by atoms with Crippen LogP contribution in [0.4, 0.5) is 20.7 Å². The van der Waals surface area contributed by atoms with Crippen LogP contribution in [-0.2, 0) is 10.2 Å². The molecule has 13 heteroatoms. The van der Waals surface area contributed by atoms with Crippen molar-refractivity contribution in [1.29, 1.82) is 0 Å². The van der Waals surface area contributed by atoms with Crippen LogP contribution in [0, 0.1) is 5.82 Å². The number of fused-ring (bicyclic) bond motifs is 1. The number of aromatic nitrogens is 4. The summed E-state index contributed by atoms with van der Waals surface area (Å²) in [4.78, 5) is 27.3. The number of halogens is 1. The lowest BCUT2D eigenvalue weighted by atomic mass is 9.93. The maximum absolute atomic E-state index is 15.0. The SMILES string of the molecule is CC(C)(C)c1cc(NC(=O)Nc2ccc(Oc3ncnc4cnc(OCCN5CCOCC5)cc34)c(F)c2)no1. The zero-order valence-corrected chi connectivity index (χ0v) is 22.4. The molecular formula is C27H30FN7O5. The number of rotatable bonds is 8. The molecular weight excluding hydrogens is 521 g/mol. The Kier molecular flexibility index (Phi) is 8.03. The van der Waals surface area contributed by atoms with Gasteiger partial charge in [0.15, 0.2) is 17.4 Å². The summed E-state index contributed by atoms with van der Waals surface area (Å²) in [5.41, 5.74) is 0.476. The second-order valence-electron chi connectivity index (χ2n) is 10.2. The number of benzene rings is 1. The van der Waals surface area contributed by atoms with Gasteiger partial charge in [-0.15, -0.1) is 0 Å². The van der Waals surface area contributed by atoms with Crippen LogP contribution in [0.1, 0.15) is 26.5 Å². The van der Waals surface area contributed by atoms with Gasteiger partial charge in [-0.1, -0.05) is 25.9 Å². The lowest BCUT2D eigenvalue weighted by Gasteiger charge is -2.26. The van der Waals surface area contributed by atoms with Gasteiger partial charge in [-0.2, -0.15) is 0 Å². The van der Waals surface area contributed by atoms with Gasteiger partial charge in [-0.05, 0) is 12.1 Å². The van der Waals surface area contributed by atoms with Crippen LogP contribution < -0.4 is 20.1 Å². The van der Waals surface area contributed by atoms with Crippen molar-refractivity contribution in [1.82, 2.24) is 25.0 Å². The van der Waals surface area contributed by atoms with Crippen LogP contribution >= 0.6 is 0 Å². The van der Waals surface area contributed by atoms with Gasteiger partial charge < -0.3 is 24.1 Å². The van der Waals surface area contributed by atoms with Gasteiger partial charge in [0.05, 0.1) is 30.3 Å². The van der Waals surface area contributed by atoms with Crippen molar-refractivity contribution in [3.63, 3.8) is 0 Å².